The average Bonchev–Trinajstić information content (AvgIpc) is 2.88. The summed E-state index contributed by atoms with van der Waals surface area (Å²) < 4.78 is 18.8. The van der Waals surface area contributed by atoms with Crippen molar-refractivity contribution in [1.82, 2.24) is 10.1 Å². The summed E-state index contributed by atoms with van der Waals surface area (Å²) in [5, 5.41) is 13.2. The highest BCUT2D eigenvalue weighted by Gasteiger charge is 2.17. The van der Waals surface area contributed by atoms with E-state index >= 15 is 0 Å². The molecular formula is C14H10FN3O2. The first-order valence-corrected chi connectivity index (χ1v) is 5.82. The van der Waals surface area contributed by atoms with E-state index in [0.29, 0.717) is 5.56 Å². The van der Waals surface area contributed by atoms with Crippen molar-refractivity contribution in [2.45, 2.75) is 0 Å². The van der Waals surface area contributed by atoms with Crippen LogP contribution in [0.5, 0.6) is 5.75 Å². The third-order valence-corrected chi connectivity index (χ3v) is 2.79. The van der Waals surface area contributed by atoms with Crippen LogP contribution >= 0.6 is 0 Å². The third kappa shape index (κ3) is 2.07. The van der Waals surface area contributed by atoms with Crippen LogP contribution in [-0.4, -0.2) is 15.2 Å². The van der Waals surface area contributed by atoms with E-state index in [1.54, 1.807) is 18.2 Å². The maximum absolute atomic E-state index is 13.8. The third-order valence-electron chi connectivity index (χ3n) is 2.79. The number of halogens is 1. The Morgan fingerprint density at radius 2 is 1.95 bits per heavy atom. The van der Waals surface area contributed by atoms with Gasteiger partial charge in [-0.3, -0.25) is 0 Å². The molecular weight excluding hydrogens is 261 g/mol. The van der Waals surface area contributed by atoms with Crippen LogP contribution in [0.2, 0.25) is 0 Å². The summed E-state index contributed by atoms with van der Waals surface area (Å²) in [4.78, 5) is 4.10. The number of aromatic hydroxyl groups is 1. The van der Waals surface area contributed by atoms with Crippen LogP contribution in [-0.2, 0) is 0 Å². The molecule has 0 aliphatic rings. The zero-order valence-electron chi connectivity index (χ0n) is 10.2. The van der Waals surface area contributed by atoms with Crippen molar-refractivity contribution in [2.24, 2.45) is 0 Å². The van der Waals surface area contributed by atoms with Crippen molar-refractivity contribution in [3.05, 3.63) is 48.3 Å². The average molecular weight is 271 g/mol. The molecule has 3 aromatic rings. The minimum Gasteiger partial charge on any atom is -0.508 e. The van der Waals surface area contributed by atoms with E-state index in [0.717, 1.165) is 0 Å². The molecule has 3 N–H and O–H groups in total. The van der Waals surface area contributed by atoms with Gasteiger partial charge in [0, 0.05) is 11.3 Å². The zero-order chi connectivity index (χ0) is 14.1. The molecule has 0 aliphatic heterocycles. The summed E-state index contributed by atoms with van der Waals surface area (Å²) >= 11 is 0. The predicted octanol–water partition coefficient (Wildman–Crippen LogP) is 2.83. The number of nitrogens with two attached hydrogens (primary N) is 1. The molecule has 0 radical (unpaired) electrons. The molecule has 5 nitrogen and oxygen atoms in total. The second-order valence-electron chi connectivity index (χ2n) is 4.18. The molecule has 0 atom stereocenters. The van der Waals surface area contributed by atoms with Gasteiger partial charge < -0.3 is 15.4 Å². The van der Waals surface area contributed by atoms with E-state index in [1.165, 1.54) is 24.3 Å². The van der Waals surface area contributed by atoms with Crippen LogP contribution in [0.3, 0.4) is 0 Å². The summed E-state index contributed by atoms with van der Waals surface area (Å²) in [7, 11) is 0. The number of hydrogen-bond donors (Lipinski definition) is 2. The Morgan fingerprint density at radius 1 is 1.15 bits per heavy atom. The van der Waals surface area contributed by atoms with Gasteiger partial charge in [0.25, 0.3) is 5.89 Å². The van der Waals surface area contributed by atoms with Gasteiger partial charge in [0.05, 0.1) is 5.56 Å². The highest BCUT2D eigenvalue weighted by Crippen LogP contribution is 2.29. The Kier molecular flexibility index (Phi) is 2.83. The molecule has 0 saturated carbocycles. The molecule has 0 fully saturated rings. The number of benzene rings is 2. The zero-order valence-corrected chi connectivity index (χ0v) is 10.2. The first kappa shape index (κ1) is 12.2. The molecule has 20 heavy (non-hydrogen) atoms. The first-order chi connectivity index (χ1) is 9.65. The molecule has 0 aliphatic carbocycles. The molecule has 0 bridgehead atoms. The van der Waals surface area contributed by atoms with Gasteiger partial charge in [0.15, 0.2) is 0 Å². The lowest BCUT2D eigenvalue weighted by molar-refractivity contribution is 0.430. The van der Waals surface area contributed by atoms with E-state index in [9.17, 15) is 9.50 Å². The molecule has 0 amide bonds. The molecule has 1 aromatic heterocycles. The van der Waals surface area contributed by atoms with Crippen LogP contribution in [0.25, 0.3) is 22.8 Å². The molecule has 1 heterocycles. The highest BCUT2D eigenvalue weighted by atomic mass is 19.1. The Morgan fingerprint density at radius 3 is 2.70 bits per heavy atom. The molecule has 100 valence electrons. The molecule has 2 aromatic carbocycles. The fraction of sp³-hybridized carbons (Fsp3) is 0. The van der Waals surface area contributed by atoms with Gasteiger partial charge in [0.1, 0.15) is 11.6 Å². The van der Waals surface area contributed by atoms with Crippen molar-refractivity contribution in [3.63, 3.8) is 0 Å². The second-order valence-corrected chi connectivity index (χ2v) is 4.18. The molecule has 0 spiro atoms. The smallest absolute Gasteiger partial charge is 0.263 e. The number of nitrogens with zero attached hydrogens (tertiary/aromatic N) is 2. The maximum atomic E-state index is 13.8. The minimum atomic E-state index is -0.531. The van der Waals surface area contributed by atoms with Crippen molar-refractivity contribution in [1.29, 1.82) is 0 Å². The molecule has 0 unspecified atom stereocenters. The summed E-state index contributed by atoms with van der Waals surface area (Å²) in [6, 6.07) is 10.7. The Labute approximate surface area is 113 Å². The Hall–Kier alpha value is -2.89. The number of aromatic nitrogens is 2. The topological polar surface area (TPSA) is 85.2 Å². The van der Waals surface area contributed by atoms with E-state index in [4.69, 9.17) is 10.3 Å². The van der Waals surface area contributed by atoms with Crippen LogP contribution in [0.4, 0.5) is 10.1 Å². The van der Waals surface area contributed by atoms with E-state index in [1.807, 2.05) is 0 Å². The second kappa shape index (κ2) is 4.65. The number of nitrogen functional groups attached to an aromatic ring is 1. The predicted molar refractivity (Wildman–Crippen MR) is 71.2 cm³/mol. The lowest BCUT2D eigenvalue weighted by atomic mass is 10.1. The standard InChI is InChI=1S/C14H10FN3O2/c15-10-5-2-6-11(16)12(10)14-17-13(18-20-14)8-3-1-4-9(19)7-8/h1-7,19H,16H2. The van der Waals surface area contributed by atoms with Gasteiger partial charge in [-0.2, -0.15) is 4.98 Å². The van der Waals surface area contributed by atoms with E-state index in [2.05, 4.69) is 10.1 Å². The van der Waals surface area contributed by atoms with Crippen LogP contribution in [0, 0.1) is 5.82 Å². The van der Waals surface area contributed by atoms with Gasteiger partial charge >= 0.3 is 0 Å². The highest BCUT2D eigenvalue weighted by molar-refractivity contribution is 5.72. The lowest BCUT2D eigenvalue weighted by Gasteiger charge is -2.00. The Balaban J connectivity index is 2.07. The fourth-order valence-electron chi connectivity index (χ4n) is 1.85. The number of rotatable bonds is 2. The minimum absolute atomic E-state index is 0.000979. The van der Waals surface area contributed by atoms with Gasteiger partial charge in [-0.05, 0) is 24.3 Å². The first-order valence-electron chi connectivity index (χ1n) is 5.82. The monoisotopic (exact) mass is 271 g/mol. The molecule has 3 rings (SSSR count). The quantitative estimate of drug-likeness (QED) is 0.700. The van der Waals surface area contributed by atoms with E-state index < -0.39 is 5.82 Å². The number of anilines is 1. The summed E-state index contributed by atoms with van der Waals surface area (Å²) in [6.07, 6.45) is 0. The molecule has 6 heteroatoms. The number of phenolic OH excluding ortho intramolecular Hbond substituents is 1. The van der Waals surface area contributed by atoms with Gasteiger partial charge in [0.2, 0.25) is 5.82 Å². The molecule has 0 saturated heterocycles. The van der Waals surface area contributed by atoms with Gasteiger partial charge in [-0.1, -0.05) is 23.4 Å². The summed E-state index contributed by atoms with van der Waals surface area (Å²) in [5.74, 6) is -0.201. The van der Waals surface area contributed by atoms with Crippen LogP contribution < -0.4 is 5.73 Å². The number of hydrogen-bond acceptors (Lipinski definition) is 5. The van der Waals surface area contributed by atoms with Crippen LogP contribution in [0.15, 0.2) is 47.0 Å². The Bertz CT molecular complexity index is 750. The largest absolute Gasteiger partial charge is 0.508 e. The van der Waals surface area contributed by atoms with Gasteiger partial charge in [-0.25, -0.2) is 4.39 Å². The lowest BCUT2D eigenvalue weighted by Crippen LogP contribution is -1.93. The fourth-order valence-corrected chi connectivity index (χ4v) is 1.85. The van der Waals surface area contributed by atoms with Crippen LogP contribution in [0.1, 0.15) is 0 Å². The normalized spacial score (nSPS) is 10.7. The van der Waals surface area contributed by atoms with E-state index in [-0.39, 0.29) is 28.7 Å². The van der Waals surface area contributed by atoms with Gasteiger partial charge in [-0.15, -0.1) is 0 Å². The maximum Gasteiger partial charge on any atom is 0.263 e. The van der Waals surface area contributed by atoms with Crippen molar-refractivity contribution in [3.8, 4) is 28.6 Å². The number of phenols is 1. The van der Waals surface area contributed by atoms with Crippen molar-refractivity contribution >= 4 is 5.69 Å². The summed E-state index contributed by atoms with van der Waals surface area (Å²) in [6.45, 7) is 0. The van der Waals surface area contributed by atoms with Crippen molar-refractivity contribution < 1.29 is 14.0 Å². The van der Waals surface area contributed by atoms with Crippen molar-refractivity contribution in [2.75, 3.05) is 5.73 Å². The summed E-state index contributed by atoms with van der Waals surface area (Å²) in [5.41, 5.74) is 6.58. The SMILES string of the molecule is Nc1cccc(F)c1-c1nc(-c2cccc(O)c2)no1.